The molecule has 0 radical (unpaired) electrons. The topological polar surface area (TPSA) is 46.2 Å². The number of nitrogens with two attached hydrogens (primary N) is 1. The minimum atomic E-state index is 0.117. The van der Waals surface area contributed by atoms with Gasteiger partial charge in [-0.15, -0.1) is 0 Å². The SMILES string of the molecule is NC(=C(O)c1ccccc1)c1ccccc1. The van der Waals surface area contributed by atoms with Gasteiger partial charge in [0.05, 0.1) is 5.70 Å². The normalized spacial score (nSPS) is 12.0. The smallest absolute Gasteiger partial charge is 0.146 e. The summed E-state index contributed by atoms with van der Waals surface area (Å²) in [6.07, 6.45) is 0. The standard InChI is InChI=1S/C14H13NO/c15-13(11-7-3-1-4-8-11)14(16)12-9-5-2-6-10-12/h1-10,16H,15H2. The lowest BCUT2D eigenvalue weighted by atomic mass is 10.1. The van der Waals surface area contributed by atoms with Gasteiger partial charge >= 0.3 is 0 Å². The second-order valence-electron chi connectivity index (χ2n) is 3.49. The van der Waals surface area contributed by atoms with Crippen LogP contribution < -0.4 is 5.73 Å². The molecular formula is C14H13NO. The van der Waals surface area contributed by atoms with Crippen molar-refractivity contribution in [2.24, 2.45) is 5.73 Å². The van der Waals surface area contributed by atoms with Crippen LogP contribution in [0.3, 0.4) is 0 Å². The van der Waals surface area contributed by atoms with E-state index >= 15 is 0 Å². The average molecular weight is 211 g/mol. The molecule has 2 heteroatoms. The minimum absolute atomic E-state index is 0.117. The second-order valence-corrected chi connectivity index (χ2v) is 3.49. The van der Waals surface area contributed by atoms with Gasteiger partial charge in [0, 0.05) is 11.1 Å². The molecule has 2 rings (SSSR count). The predicted molar refractivity (Wildman–Crippen MR) is 66.5 cm³/mol. The van der Waals surface area contributed by atoms with Crippen molar-refractivity contribution >= 4 is 11.5 Å². The summed E-state index contributed by atoms with van der Waals surface area (Å²) in [5.41, 5.74) is 7.84. The molecule has 0 aliphatic rings. The number of benzene rings is 2. The van der Waals surface area contributed by atoms with E-state index in [2.05, 4.69) is 0 Å². The zero-order valence-corrected chi connectivity index (χ0v) is 8.80. The highest BCUT2D eigenvalue weighted by molar-refractivity contribution is 5.84. The molecule has 0 unspecified atom stereocenters. The van der Waals surface area contributed by atoms with Crippen molar-refractivity contribution in [2.75, 3.05) is 0 Å². The summed E-state index contributed by atoms with van der Waals surface area (Å²) < 4.78 is 0. The first kappa shape index (κ1) is 10.3. The van der Waals surface area contributed by atoms with Gasteiger partial charge in [-0.25, -0.2) is 0 Å². The van der Waals surface area contributed by atoms with Crippen LogP contribution >= 0.6 is 0 Å². The van der Waals surface area contributed by atoms with Gasteiger partial charge < -0.3 is 10.8 Å². The lowest BCUT2D eigenvalue weighted by Crippen LogP contribution is -2.00. The van der Waals surface area contributed by atoms with Crippen LogP contribution in [0.15, 0.2) is 60.7 Å². The van der Waals surface area contributed by atoms with E-state index in [0.717, 1.165) is 11.1 Å². The van der Waals surface area contributed by atoms with E-state index in [9.17, 15) is 5.11 Å². The number of aliphatic hydroxyl groups excluding tert-OH is 1. The Bertz CT molecular complexity index is 441. The Morgan fingerprint density at radius 1 is 0.750 bits per heavy atom. The fraction of sp³-hybridized carbons (Fsp3) is 0. The molecule has 0 heterocycles. The Balaban J connectivity index is 2.43. The summed E-state index contributed by atoms with van der Waals surface area (Å²) in [5, 5.41) is 10.00. The molecule has 2 nitrogen and oxygen atoms in total. The van der Waals surface area contributed by atoms with Crippen molar-refractivity contribution in [1.82, 2.24) is 0 Å². The van der Waals surface area contributed by atoms with Gasteiger partial charge in [0.2, 0.25) is 0 Å². The Hall–Kier alpha value is -2.22. The molecule has 3 N–H and O–H groups in total. The van der Waals surface area contributed by atoms with Crippen LogP contribution in [-0.4, -0.2) is 5.11 Å². The number of aliphatic hydroxyl groups is 1. The zero-order valence-electron chi connectivity index (χ0n) is 8.80. The number of rotatable bonds is 2. The maximum absolute atomic E-state index is 10.00. The monoisotopic (exact) mass is 211 g/mol. The maximum atomic E-state index is 10.00. The summed E-state index contributed by atoms with van der Waals surface area (Å²) in [7, 11) is 0. The van der Waals surface area contributed by atoms with Gasteiger partial charge in [0.1, 0.15) is 5.76 Å². The molecule has 0 saturated carbocycles. The van der Waals surface area contributed by atoms with Crippen molar-refractivity contribution < 1.29 is 5.11 Å². The third kappa shape index (κ3) is 2.06. The molecule has 2 aromatic rings. The van der Waals surface area contributed by atoms with Crippen molar-refractivity contribution in [1.29, 1.82) is 0 Å². The summed E-state index contributed by atoms with van der Waals surface area (Å²) in [6, 6.07) is 18.7. The lowest BCUT2D eigenvalue weighted by Gasteiger charge is -2.06. The molecule has 80 valence electrons. The minimum Gasteiger partial charge on any atom is -0.505 e. The van der Waals surface area contributed by atoms with E-state index in [-0.39, 0.29) is 5.76 Å². The van der Waals surface area contributed by atoms with Gasteiger partial charge in [0.15, 0.2) is 0 Å². The highest BCUT2D eigenvalue weighted by Gasteiger charge is 2.05. The van der Waals surface area contributed by atoms with Gasteiger partial charge in [0.25, 0.3) is 0 Å². The fourth-order valence-electron chi connectivity index (χ4n) is 1.51. The summed E-state index contributed by atoms with van der Waals surface area (Å²) in [5.74, 6) is 0.117. The third-order valence-electron chi connectivity index (χ3n) is 2.39. The molecule has 16 heavy (non-hydrogen) atoms. The average Bonchev–Trinajstić information content (AvgIpc) is 2.39. The summed E-state index contributed by atoms with van der Waals surface area (Å²) in [6.45, 7) is 0. The quantitative estimate of drug-likeness (QED) is 0.592. The van der Waals surface area contributed by atoms with E-state index < -0.39 is 0 Å². The second kappa shape index (κ2) is 4.53. The first-order valence-electron chi connectivity index (χ1n) is 5.08. The van der Waals surface area contributed by atoms with Crippen molar-refractivity contribution in [3.05, 3.63) is 71.8 Å². The van der Waals surface area contributed by atoms with Crippen LogP contribution in [0.5, 0.6) is 0 Å². The van der Waals surface area contributed by atoms with Gasteiger partial charge in [-0.1, -0.05) is 60.7 Å². The van der Waals surface area contributed by atoms with Gasteiger partial charge in [-0.3, -0.25) is 0 Å². The van der Waals surface area contributed by atoms with Gasteiger partial charge in [-0.2, -0.15) is 0 Å². The van der Waals surface area contributed by atoms with Crippen molar-refractivity contribution in [3.63, 3.8) is 0 Å². The Kier molecular flexibility index (Phi) is 2.92. The Morgan fingerprint density at radius 2 is 1.19 bits per heavy atom. The maximum Gasteiger partial charge on any atom is 0.146 e. The van der Waals surface area contributed by atoms with Crippen LogP contribution in [-0.2, 0) is 0 Å². The predicted octanol–water partition coefficient (Wildman–Crippen LogP) is 3.03. The van der Waals surface area contributed by atoms with Crippen LogP contribution in [0, 0.1) is 0 Å². The van der Waals surface area contributed by atoms with E-state index in [4.69, 9.17) is 5.73 Å². The van der Waals surface area contributed by atoms with E-state index in [1.54, 1.807) is 0 Å². The van der Waals surface area contributed by atoms with E-state index in [1.807, 2.05) is 60.7 Å². The van der Waals surface area contributed by atoms with Crippen molar-refractivity contribution in [3.8, 4) is 0 Å². The molecule has 2 aromatic carbocycles. The van der Waals surface area contributed by atoms with Gasteiger partial charge in [-0.05, 0) is 0 Å². The molecule has 0 aliphatic heterocycles. The molecule has 0 aliphatic carbocycles. The molecule has 0 atom stereocenters. The third-order valence-corrected chi connectivity index (χ3v) is 2.39. The molecule has 0 aromatic heterocycles. The molecule has 0 saturated heterocycles. The zero-order chi connectivity index (χ0) is 11.4. The largest absolute Gasteiger partial charge is 0.505 e. The number of hydrogen-bond acceptors (Lipinski definition) is 2. The lowest BCUT2D eigenvalue weighted by molar-refractivity contribution is 0.513. The van der Waals surface area contributed by atoms with E-state index in [0.29, 0.717) is 5.70 Å². The highest BCUT2D eigenvalue weighted by atomic mass is 16.3. The Morgan fingerprint density at radius 3 is 1.69 bits per heavy atom. The summed E-state index contributed by atoms with van der Waals surface area (Å²) >= 11 is 0. The fourth-order valence-corrected chi connectivity index (χ4v) is 1.51. The van der Waals surface area contributed by atoms with Crippen LogP contribution in [0.4, 0.5) is 0 Å². The molecular weight excluding hydrogens is 198 g/mol. The first-order chi connectivity index (χ1) is 7.79. The van der Waals surface area contributed by atoms with Crippen LogP contribution in [0.1, 0.15) is 11.1 Å². The highest BCUT2D eigenvalue weighted by Crippen LogP contribution is 2.19. The summed E-state index contributed by atoms with van der Waals surface area (Å²) in [4.78, 5) is 0. The first-order valence-corrected chi connectivity index (χ1v) is 5.08. The Labute approximate surface area is 94.7 Å². The van der Waals surface area contributed by atoms with Crippen LogP contribution in [0.25, 0.3) is 11.5 Å². The van der Waals surface area contributed by atoms with E-state index in [1.165, 1.54) is 0 Å². The number of hydrogen-bond donors (Lipinski definition) is 2. The molecule has 0 amide bonds. The van der Waals surface area contributed by atoms with Crippen molar-refractivity contribution in [2.45, 2.75) is 0 Å². The molecule has 0 fully saturated rings. The van der Waals surface area contributed by atoms with Crippen LogP contribution in [0.2, 0.25) is 0 Å². The molecule has 0 bridgehead atoms. The molecule has 0 spiro atoms.